The normalized spacial score (nSPS) is 16.4. The van der Waals surface area contributed by atoms with Crippen LogP contribution in [-0.4, -0.2) is 23.0 Å². The van der Waals surface area contributed by atoms with Crippen molar-refractivity contribution in [2.45, 2.75) is 18.3 Å². The molecular formula is C16H14N2O2. The van der Waals surface area contributed by atoms with Crippen LogP contribution in [-0.2, 0) is 14.9 Å². The predicted molar refractivity (Wildman–Crippen MR) is 76.5 cm³/mol. The maximum Gasteiger partial charge on any atom is 0.316 e. The molecule has 0 bridgehead atoms. The first-order chi connectivity index (χ1) is 9.74. The van der Waals surface area contributed by atoms with Crippen LogP contribution in [0, 0.1) is 0 Å². The van der Waals surface area contributed by atoms with Gasteiger partial charge in [-0.15, -0.1) is 0 Å². The number of ether oxygens (including phenoxy) is 1. The van der Waals surface area contributed by atoms with Gasteiger partial charge in [-0.25, -0.2) is 0 Å². The van der Waals surface area contributed by atoms with Crippen molar-refractivity contribution in [3.63, 3.8) is 0 Å². The molecule has 4 rings (SSSR count). The zero-order valence-corrected chi connectivity index (χ0v) is 11.1. The summed E-state index contributed by atoms with van der Waals surface area (Å²) in [5, 5.41) is 2.24. The Labute approximate surface area is 115 Å². The molecule has 0 saturated heterocycles. The molecule has 2 heterocycles. The van der Waals surface area contributed by atoms with E-state index in [0.29, 0.717) is 0 Å². The fraction of sp³-hybridized carbons (Fsp3) is 0.250. The summed E-state index contributed by atoms with van der Waals surface area (Å²) in [6, 6.07) is 8.13. The lowest BCUT2D eigenvalue weighted by Gasteiger charge is -2.12. The molecule has 1 fully saturated rings. The highest BCUT2D eigenvalue weighted by atomic mass is 16.5. The SMILES string of the molecule is COC(=O)C1(c2ccc3c(c2)[nH]c2ccncc23)CC1. The second-order valence-corrected chi connectivity index (χ2v) is 5.38. The first-order valence-electron chi connectivity index (χ1n) is 6.69. The number of pyridine rings is 1. The number of carbonyl (C=O) groups excluding carboxylic acids is 1. The molecule has 0 atom stereocenters. The van der Waals surface area contributed by atoms with Crippen LogP contribution in [0.5, 0.6) is 0 Å². The van der Waals surface area contributed by atoms with E-state index in [1.165, 1.54) is 7.11 Å². The maximum absolute atomic E-state index is 12.0. The van der Waals surface area contributed by atoms with E-state index in [0.717, 1.165) is 40.2 Å². The van der Waals surface area contributed by atoms with Gasteiger partial charge in [0.2, 0.25) is 0 Å². The van der Waals surface area contributed by atoms with Crippen molar-refractivity contribution in [1.82, 2.24) is 9.97 Å². The molecule has 1 saturated carbocycles. The quantitative estimate of drug-likeness (QED) is 0.725. The van der Waals surface area contributed by atoms with E-state index >= 15 is 0 Å². The van der Waals surface area contributed by atoms with E-state index in [1.54, 1.807) is 6.20 Å². The lowest BCUT2D eigenvalue weighted by atomic mass is 9.95. The predicted octanol–water partition coefficient (Wildman–Crippen LogP) is 2.92. The van der Waals surface area contributed by atoms with Crippen molar-refractivity contribution < 1.29 is 9.53 Å². The number of esters is 1. The van der Waals surface area contributed by atoms with Gasteiger partial charge in [-0.2, -0.15) is 0 Å². The Hall–Kier alpha value is -2.36. The van der Waals surface area contributed by atoms with E-state index in [9.17, 15) is 4.79 Å². The summed E-state index contributed by atoms with van der Waals surface area (Å²) < 4.78 is 4.94. The minimum absolute atomic E-state index is 0.130. The van der Waals surface area contributed by atoms with Gasteiger partial charge in [-0.3, -0.25) is 9.78 Å². The standard InChI is InChI=1S/C16H14N2O2/c1-20-15(19)16(5-6-16)10-2-3-11-12-9-17-7-4-13(12)18-14(11)8-10/h2-4,7-9,18H,5-6H2,1H3. The molecular weight excluding hydrogens is 252 g/mol. The number of methoxy groups -OCH3 is 1. The van der Waals surface area contributed by atoms with Crippen molar-refractivity contribution >= 4 is 27.8 Å². The zero-order valence-electron chi connectivity index (χ0n) is 11.1. The Morgan fingerprint density at radius 1 is 1.25 bits per heavy atom. The maximum atomic E-state index is 12.0. The summed E-state index contributed by atoms with van der Waals surface area (Å²) in [6.07, 6.45) is 5.37. The Bertz CT molecular complexity index is 831. The minimum Gasteiger partial charge on any atom is -0.468 e. The smallest absolute Gasteiger partial charge is 0.316 e. The van der Waals surface area contributed by atoms with Gasteiger partial charge in [0.25, 0.3) is 0 Å². The van der Waals surface area contributed by atoms with E-state index < -0.39 is 5.41 Å². The Morgan fingerprint density at radius 2 is 2.10 bits per heavy atom. The minimum atomic E-state index is -0.418. The van der Waals surface area contributed by atoms with Crippen molar-refractivity contribution in [3.05, 3.63) is 42.2 Å². The summed E-state index contributed by atoms with van der Waals surface area (Å²) in [7, 11) is 1.45. The third kappa shape index (κ3) is 1.42. The second kappa shape index (κ2) is 3.82. The molecule has 4 heteroatoms. The molecule has 100 valence electrons. The molecule has 0 aliphatic heterocycles. The monoisotopic (exact) mass is 266 g/mol. The van der Waals surface area contributed by atoms with Gasteiger partial charge < -0.3 is 9.72 Å². The van der Waals surface area contributed by atoms with Crippen molar-refractivity contribution in [2.75, 3.05) is 7.11 Å². The summed E-state index contributed by atoms with van der Waals surface area (Å²) in [5.74, 6) is -0.130. The van der Waals surface area contributed by atoms with Gasteiger partial charge >= 0.3 is 5.97 Å². The van der Waals surface area contributed by atoms with Gasteiger partial charge in [-0.05, 0) is 30.5 Å². The number of nitrogens with zero attached hydrogens (tertiary/aromatic N) is 1. The fourth-order valence-corrected chi connectivity index (χ4v) is 2.97. The number of rotatable bonds is 2. The number of aromatic nitrogens is 2. The van der Waals surface area contributed by atoms with E-state index in [4.69, 9.17) is 4.74 Å². The fourth-order valence-electron chi connectivity index (χ4n) is 2.97. The average molecular weight is 266 g/mol. The highest BCUT2D eigenvalue weighted by molar-refractivity contribution is 6.07. The Morgan fingerprint density at radius 3 is 2.85 bits per heavy atom. The lowest BCUT2D eigenvalue weighted by molar-refractivity contribution is -0.143. The van der Waals surface area contributed by atoms with Crippen LogP contribution < -0.4 is 0 Å². The number of hydrogen-bond donors (Lipinski definition) is 1. The summed E-state index contributed by atoms with van der Waals surface area (Å²) in [6.45, 7) is 0. The molecule has 1 aliphatic rings. The average Bonchev–Trinajstić information content (AvgIpc) is 3.22. The third-order valence-electron chi connectivity index (χ3n) is 4.28. The van der Waals surface area contributed by atoms with Gasteiger partial charge in [0.05, 0.1) is 12.5 Å². The highest BCUT2D eigenvalue weighted by Gasteiger charge is 2.52. The number of benzene rings is 1. The largest absolute Gasteiger partial charge is 0.468 e. The van der Waals surface area contributed by atoms with Crippen molar-refractivity contribution in [3.8, 4) is 0 Å². The molecule has 1 aliphatic carbocycles. The van der Waals surface area contributed by atoms with Crippen molar-refractivity contribution in [2.24, 2.45) is 0 Å². The lowest BCUT2D eigenvalue weighted by Crippen LogP contribution is -2.21. The summed E-state index contributed by atoms with van der Waals surface area (Å²) in [5.41, 5.74) is 2.73. The van der Waals surface area contributed by atoms with Gasteiger partial charge in [0.1, 0.15) is 0 Å². The van der Waals surface area contributed by atoms with Gasteiger partial charge in [0, 0.05) is 34.2 Å². The Kier molecular flexibility index (Phi) is 2.19. The second-order valence-electron chi connectivity index (χ2n) is 5.38. The van der Waals surface area contributed by atoms with E-state index in [1.807, 2.05) is 18.3 Å². The number of carbonyl (C=O) groups is 1. The first kappa shape index (κ1) is 11.5. The molecule has 0 spiro atoms. The summed E-state index contributed by atoms with van der Waals surface area (Å²) >= 11 is 0. The molecule has 1 aromatic carbocycles. The first-order valence-corrected chi connectivity index (χ1v) is 6.69. The van der Waals surface area contributed by atoms with Gasteiger partial charge in [0.15, 0.2) is 0 Å². The molecule has 4 nitrogen and oxygen atoms in total. The van der Waals surface area contributed by atoms with E-state index in [-0.39, 0.29) is 5.97 Å². The van der Waals surface area contributed by atoms with Crippen LogP contribution in [0.3, 0.4) is 0 Å². The number of fused-ring (bicyclic) bond motifs is 3. The van der Waals surface area contributed by atoms with Crippen LogP contribution in [0.15, 0.2) is 36.7 Å². The van der Waals surface area contributed by atoms with Crippen LogP contribution in [0.2, 0.25) is 0 Å². The van der Waals surface area contributed by atoms with Crippen LogP contribution in [0.25, 0.3) is 21.8 Å². The molecule has 0 unspecified atom stereocenters. The molecule has 20 heavy (non-hydrogen) atoms. The van der Waals surface area contributed by atoms with Crippen LogP contribution in [0.1, 0.15) is 18.4 Å². The summed E-state index contributed by atoms with van der Waals surface area (Å²) in [4.78, 5) is 19.5. The third-order valence-corrected chi connectivity index (χ3v) is 4.28. The molecule has 2 aromatic heterocycles. The van der Waals surface area contributed by atoms with Gasteiger partial charge in [-0.1, -0.05) is 12.1 Å². The highest BCUT2D eigenvalue weighted by Crippen LogP contribution is 2.49. The molecule has 1 N–H and O–H groups in total. The van der Waals surface area contributed by atoms with Crippen molar-refractivity contribution in [1.29, 1.82) is 0 Å². The topological polar surface area (TPSA) is 55.0 Å². The zero-order chi connectivity index (χ0) is 13.7. The van der Waals surface area contributed by atoms with Crippen LogP contribution in [0.4, 0.5) is 0 Å². The number of nitrogens with one attached hydrogen (secondary N) is 1. The molecule has 0 amide bonds. The number of hydrogen-bond acceptors (Lipinski definition) is 3. The number of aromatic amines is 1. The Balaban J connectivity index is 1.92. The number of H-pyrrole nitrogens is 1. The van der Waals surface area contributed by atoms with Crippen LogP contribution >= 0.6 is 0 Å². The molecule has 3 aromatic rings. The molecule has 0 radical (unpaired) electrons. The van der Waals surface area contributed by atoms with E-state index in [2.05, 4.69) is 22.1 Å².